The molecule has 1 heterocycles. The third-order valence-corrected chi connectivity index (χ3v) is 4.25. The van der Waals surface area contributed by atoms with E-state index in [0.29, 0.717) is 0 Å². The lowest BCUT2D eigenvalue weighted by molar-refractivity contribution is 0.592. The molecular formula is C15H21N3S. The number of hydrogen-bond donors (Lipinski definition) is 1. The summed E-state index contributed by atoms with van der Waals surface area (Å²) in [5.74, 6) is 0. The molecular weight excluding hydrogens is 254 g/mol. The second-order valence-corrected chi connectivity index (χ2v) is 6.76. The summed E-state index contributed by atoms with van der Waals surface area (Å²) in [5, 5.41) is 10.4. The Morgan fingerprint density at radius 1 is 1.21 bits per heavy atom. The Kier molecular flexibility index (Phi) is 4.02. The van der Waals surface area contributed by atoms with E-state index in [9.17, 15) is 0 Å². The van der Waals surface area contributed by atoms with Gasteiger partial charge in [-0.25, -0.2) is 0 Å². The van der Waals surface area contributed by atoms with Gasteiger partial charge in [0.05, 0.1) is 6.04 Å². The maximum Gasteiger partial charge on any atom is 0.148 e. The highest BCUT2D eigenvalue weighted by atomic mass is 32.1. The maximum atomic E-state index is 6.02. The maximum absolute atomic E-state index is 6.02. The fourth-order valence-electron chi connectivity index (χ4n) is 1.99. The number of benzene rings is 1. The van der Waals surface area contributed by atoms with Crippen LogP contribution in [0.2, 0.25) is 0 Å². The molecule has 0 aliphatic carbocycles. The van der Waals surface area contributed by atoms with Gasteiger partial charge in [0.2, 0.25) is 0 Å². The van der Waals surface area contributed by atoms with Gasteiger partial charge >= 0.3 is 0 Å². The van der Waals surface area contributed by atoms with E-state index in [1.165, 1.54) is 11.1 Å². The predicted molar refractivity (Wildman–Crippen MR) is 81.3 cm³/mol. The SMILES string of the molecule is CCC(N)c1nnc(-c2ccccc2C(C)(C)C)s1. The van der Waals surface area contributed by atoms with Crippen molar-refractivity contribution in [3.8, 4) is 10.6 Å². The van der Waals surface area contributed by atoms with Crippen molar-refractivity contribution in [3.05, 3.63) is 34.8 Å². The molecule has 1 atom stereocenters. The Hall–Kier alpha value is -1.26. The Morgan fingerprint density at radius 3 is 2.53 bits per heavy atom. The average Bonchev–Trinajstić information content (AvgIpc) is 2.86. The zero-order valence-corrected chi connectivity index (χ0v) is 12.8. The summed E-state index contributed by atoms with van der Waals surface area (Å²) in [6.45, 7) is 8.71. The van der Waals surface area contributed by atoms with Crippen LogP contribution in [-0.4, -0.2) is 10.2 Å². The molecule has 0 aliphatic rings. The normalized spacial score (nSPS) is 13.5. The van der Waals surface area contributed by atoms with Crippen molar-refractivity contribution in [3.63, 3.8) is 0 Å². The van der Waals surface area contributed by atoms with E-state index in [0.717, 1.165) is 16.4 Å². The minimum absolute atomic E-state index is 0.00644. The van der Waals surface area contributed by atoms with Gasteiger partial charge < -0.3 is 5.73 Å². The number of nitrogens with zero attached hydrogens (tertiary/aromatic N) is 2. The molecule has 0 radical (unpaired) electrons. The summed E-state index contributed by atoms with van der Waals surface area (Å²) in [4.78, 5) is 0. The van der Waals surface area contributed by atoms with E-state index in [-0.39, 0.29) is 11.5 Å². The van der Waals surface area contributed by atoms with Gasteiger partial charge in [0.1, 0.15) is 10.0 Å². The van der Waals surface area contributed by atoms with Crippen molar-refractivity contribution in [2.24, 2.45) is 5.73 Å². The molecule has 0 amide bonds. The van der Waals surface area contributed by atoms with Crippen molar-refractivity contribution < 1.29 is 0 Å². The molecule has 0 fully saturated rings. The molecule has 0 spiro atoms. The van der Waals surface area contributed by atoms with Crippen LogP contribution in [-0.2, 0) is 5.41 Å². The van der Waals surface area contributed by atoms with Gasteiger partial charge in [0.15, 0.2) is 0 Å². The summed E-state index contributed by atoms with van der Waals surface area (Å²) >= 11 is 1.60. The van der Waals surface area contributed by atoms with Crippen molar-refractivity contribution in [1.82, 2.24) is 10.2 Å². The first-order chi connectivity index (χ1) is 8.93. The molecule has 0 aliphatic heterocycles. The van der Waals surface area contributed by atoms with Gasteiger partial charge in [0, 0.05) is 5.56 Å². The summed E-state index contributed by atoms with van der Waals surface area (Å²) in [6, 6.07) is 8.39. The van der Waals surface area contributed by atoms with Crippen LogP contribution in [0, 0.1) is 0 Å². The lowest BCUT2D eigenvalue weighted by atomic mass is 9.84. The average molecular weight is 275 g/mol. The molecule has 4 heteroatoms. The Balaban J connectivity index is 2.45. The smallest absolute Gasteiger partial charge is 0.148 e. The van der Waals surface area contributed by atoms with Crippen molar-refractivity contribution in [2.45, 2.75) is 45.6 Å². The van der Waals surface area contributed by atoms with Crippen LogP contribution >= 0.6 is 11.3 Å². The summed E-state index contributed by atoms with van der Waals surface area (Å²) in [7, 11) is 0. The molecule has 0 saturated heterocycles. The lowest BCUT2D eigenvalue weighted by Gasteiger charge is -2.21. The molecule has 102 valence electrons. The minimum atomic E-state index is -0.00644. The van der Waals surface area contributed by atoms with Crippen LogP contribution in [0.5, 0.6) is 0 Å². The minimum Gasteiger partial charge on any atom is -0.322 e. The molecule has 3 nitrogen and oxygen atoms in total. The highest BCUT2D eigenvalue weighted by Crippen LogP contribution is 2.35. The molecule has 2 rings (SSSR count). The highest BCUT2D eigenvalue weighted by molar-refractivity contribution is 7.14. The van der Waals surface area contributed by atoms with Gasteiger partial charge in [-0.15, -0.1) is 10.2 Å². The van der Waals surface area contributed by atoms with Crippen LogP contribution in [0.15, 0.2) is 24.3 Å². The zero-order valence-electron chi connectivity index (χ0n) is 12.0. The molecule has 2 N–H and O–H groups in total. The van der Waals surface area contributed by atoms with Gasteiger partial charge in [-0.05, 0) is 17.4 Å². The van der Waals surface area contributed by atoms with Gasteiger partial charge in [-0.3, -0.25) is 0 Å². The first kappa shape index (κ1) is 14.2. The summed E-state index contributed by atoms with van der Waals surface area (Å²) in [5.41, 5.74) is 8.57. The number of nitrogens with two attached hydrogens (primary N) is 1. The van der Waals surface area contributed by atoms with Crippen LogP contribution in [0.3, 0.4) is 0 Å². The van der Waals surface area contributed by atoms with E-state index in [2.05, 4.69) is 56.1 Å². The number of aromatic nitrogens is 2. The first-order valence-corrected chi connectivity index (χ1v) is 7.44. The van der Waals surface area contributed by atoms with Crippen LogP contribution in [0.1, 0.15) is 50.7 Å². The molecule has 1 aromatic carbocycles. The van der Waals surface area contributed by atoms with Crippen LogP contribution in [0.4, 0.5) is 0 Å². The quantitative estimate of drug-likeness (QED) is 0.924. The standard InChI is InChI=1S/C15H21N3S/c1-5-12(16)14-18-17-13(19-14)10-8-6-7-9-11(10)15(2,3)4/h6-9,12H,5,16H2,1-4H3. The summed E-state index contributed by atoms with van der Waals surface area (Å²) in [6.07, 6.45) is 0.884. The Labute approximate surface area is 118 Å². The van der Waals surface area contributed by atoms with Gasteiger partial charge in [-0.1, -0.05) is 63.3 Å². The second kappa shape index (κ2) is 5.39. The molecule has 1 unspecified atom stereocenters. The monoisotopic (exact) mass is 275 g/mol. The van der Waals surface area contributed by atoms with E-state index < -0.39 is 0 Å². The molecule has 19 heavy (non-hydrogen) atoms. The fourth-order valence-corrected chi connectivity index (χ4v) is 2.96. The number of hydrogen-bond acceptors (Lipinski definition) is 4. The Morgan fingerprint density at radius 2 is 1.89 bits per heavy atom. The summed E-state index contributed by atoms with van der Waals surface area (Å²) < 4.78 is 0. The second-order valence-electron chi connectivity index (χ2n) is 5.76. The van der Waals surface area contributed by atoms with Crippen molar-refractivity contribution in [2.75, 3.05) is 0 Å². The van der Waals surface area contributed by atoms with Crippen LogP contribution in [0.25, 0.3) is 10.6 Å². The molecule has 2 aromatic rings. The highest BCUT2D eigenvalue weighted by Gasteiger charge is 2.21. The molecule has 1 aromatic heterocycles. The topological polar surface area (TPSA) is 51.8 Å². The van der Waals surface area contributed by atoms with Crippen LogP contribution < -0.4 is 5.73 Å². The zero-order chi connectivity index (χ0) is 14.0. The van der Waals surface area contributed by atoms with Crippen molar-refractivity contribution in [1.29, 1.82) is 0 Å². The third kappa shape index (κ3) is 3.01. The first-order valence-electron chi connectivity index (χ1n) is 6.62. The van der Waals surface area contributed by atoms with E-state index in [4.69, 9.17) is 5.73 Å². The Bertz CT molecular complexity index is 555. The molecule has 0 bridgehead atoms. The van der Waals surface area contributed by atoms with Gasteiger partial charge in [0.25, 0.3) is 0 Å². The third-order valence-electron chi connectivity index (χ3n) is 3.16. The fraction of sp³-hybridized carbons (Fsp3) is 0.467. The van der Waals surface area contributed by atoms with Gasteiger partial charge in [-0.2, -0.15) is 0 Å². The molecule has 0 saturated carbocycles. The van der Waals surface area contributed by atoms with E-state index in [1.807, 2.05) is 6.07 Å². The number of rotatable bonds is 3. The lowest BCUT2D eigenvalue weighted by Crippen LogP contribution is -2.12. The predicted octanol–water partition coefficient (Wildman–Crippen LogP) is 3.91. The van der Waals surface area contributed by atoms with E-state index >= 15 is 0 Å². The largest absolute Gasteiger partial charge is 0.322 e. The van der Waals surface area contributed by atoms with E-state index in [1.54, 1.807) is 11.3 Å². The van der Waals surface area contributed by atoms with Crippen molar-refractivity contribution >= 4 is 11.3 Å².